The number of hydrogen-bond acceptors (Lipinski definition) is 5. The number of rotatable bonds is 3. The number of aromatic hydroxyl groups is 1. The molecule has 2 aromatic heterocycles. The van der Waals surface area contributed by atoms with E-state index in [0.29, 0.717) is 22.5 Å². The van der Waals surface area contributed by atoms with Crippen LogP contribution in [0.15, 0.2) is 27.8 Å². The van der Waals surface area contributed by atoms with Crippen LogP contribution in [0.2, 0.25) is 5.22 Å². The van der Waals surface area contributed by atoms with Crippen molar-refractivity contribution in [3.63, 3.8) is 0 Å². The van der Waals surface area contributed by atoms with Crippen LogP contribution in [-0.2, 0) is 7.05 Å². The summed E-state index contributed by atoms with van der Waals surface area (Å²) in [7, 11) is 1.59. The zero-order valence-corrected chi connectivity index (χ0v) is 15.0. The first-order valence-corrected chi connectivity index (χ1v) is 7.93. The number of phenols is 1. The Morgan fingerprint density at radius 3 is 2.58 bits per heavy atom. The molecule has 0 unspecified atom stereocenters. The van der Waals surface area contributed by atoms with Gasteiger partial charge in [-0.1, -0.05) is 5.16 Å². The average molecular weight is 379 g/mol. The van der Waals surface area contributed by atoms with Crippen molar-refractivity contribution in [2.24, 2.45) is 17.9 Å². The van der Waals surface area contributed by atoms with Crippen molar-refractivity contribution >= 4 is 17.4 Å². The van der Waals surface area contributed by atoms with Crippen LogP contribution in [0.1, 0.15) is 17.0 Å². The molecule has 0 aliphatic rings. The second-order valence-electron chi connectivity index (χ2n) is 5.78. The Labute approximate surface area is 153 Å². The lowest BCUT2D eigenvalue weighted by Crippen LogP contribution is -2.18. The molecule has 136 valence electrons. The minimum atomic E-state index is -0.666. The largest absolute Gasteiger partial charge is 0.508 e. The summed E-state index contributed by atoms with van der Waals surface area (Å²) in [5.41, 5.74) is 8.10. The van der Waals surface area contributed by atoms with Gasteiger partial charge >= 0.3 is 0 Å². The van der Waals surface area contributed by atoms with Crippen molar-refractivity contribution in [3.05, 3.63) is 46.3 Å². The lowest BCUT2D eigenvalue weighted by Gasteiger charge is -2.08. The molecule has 0 saturated carbocycles. The van der Waals surface area contributed by atoms with Crippen LogP contribution in [0.4, 0.5) is 4.39 Å². The molecule has 0 fully saturated rings. The maximum Gasteiger partial charge on any atom is 0.196 e. The Morgan fingerprint density at radius 2 is 2.04 bits per heavy atom. The van der Waals surface area contributed by atoms with Crippen molar-refractivity contribution in [3.8, 4) is 28.1 Å². The number of phenolic OH excluding ortho intramolecular Hbond substituents is 1. The second-order valence-corrected chi connectivity index (χ2v) is 6.12. The number of benzene rings is 1. The predicted octanol–water partition coefficient (Wildman–Crippen LogP) is 3.56. The van der Waals surface area contributed by atoms with Gasteiger partial charge in [0.25, 0.3) is 0 Å². The van der Waals surface area contributed by atoms with Crippen molar-refractivity contribution in [2.75, 3.05) is 0 Å². The van der Waals surface area contributed by atoms with E-state index in [2.05, 4.69) is 10.3 Å². The molecule has 0 saturated heterocycles. The molecule has 1 aromatic carbocycles. The third kappa shape index (κ3) is 2.68. The van der Waals surface area contributed by atoms with E-state index in [1.54, 1.807) is 20.9 Å². The molecule has 26 heavy (non-hydrogen) atoms. The van der Waals surface area contributed by atoms with Crippen LogP contribution in [-0.4, -0.2) is 25.9 Å². The normalized spacial score (nSPS) is 12.0. The number of aromatic nitrogens is 2. The predicted molar refractivity (Wildman–Crippen MR) is 95.0 cm³/mol. The van der Waals surface area contributed by atoms with Crippen molar-refractivity contribution in [1.29, 1.82) is 0 Å². The Morgan fingerprint density at radius 1 is 1.35 bits per heavy atom. The summed E-state index contributed by atoms with van der Waals surface area (Å²) in [5.74, 6) is -0.594. The molecular formula is C17H16ClFN4O3. The van der Waals surface area contributed by atoms with Crippen LogP contribution in [0.5, 0.6) is 5.75 Å². The lowest BCUT2D eigenvalue weighted by atomic mass is 9.96. The number of aryl methyl sites for hydroxylation is 2. The molecule has 2 heterocycles. The highest BCUT2D eigenvalue weighted by Crippen LogP contribution is 2.42. The minimum Gasteiger partial charge on any atom is -0.508 e. The first-order valence-electron chi connectivity index (χ1n) is 7.55. The summed E-state index contributed by atoms with van der Waals surface area (Å²) in [6.45, 7) is 3.45. The van der Waals surface area contributed by atoms with E-state index < -0.39 is 5.82 Å². The SMILES string of the molecule is Cc1oc(Cl)c(C)c1-c1c(-c2ccc(O)cc2F)nn(C)c1/C(N)=N/O. The lowest BCUT2D eigenvalue weighted by molar-refractivity contribution is 0.318. The maximum absolute atomic E-state index is 14.5. The number of oxime groups is 1. The van der Waals surface area contributed by atoms with Gasteiger partial charge in [-0.3, -0.25) is 4.68 Å². The molecular weight excluding hydrogens is 363 g/mol. The number of nitrogens with zero attached hydrogens (tertiary/aromatic N) is 3. The van der Waals surface area contributed by atoms with E-state index in [1.165, 1.54) is 16.8 Å². The molecule has 0 bridgehead atoms. The summed E-state index contributed by atoms with van der Waals surface area (Å²) in [6.07, 6.45) is 0. The molecule has 3 rings (SSSR count). The highest BCUT2D eigenvalue weighted by molar-refractivity contribution is 6.30. The van der Waals surface area contributed by atoms with Gasteiger partial charge in [-0.15, -0.1) is 0 Å². The van der Waals surface area contributed by atoms with Gasteiger partial charge in [0.2, 0.25) is 0 Å². The van der Waals surface area contributed by atoms with Gasteiger partial charge in [0.1, 0.15) is 28.7 Å². The van der Waals surface area contributed by atoms with Crippen LogP contribution in [0, 0.1) is 19.7 Å². The smallest absolute Gasteiger partial charge is 0.196 e. The zero-order chi connectivity index (χ0) is 19.2. The highest BCUT2D eigenvalue weighted by atomic mass is 35.5. The fourth-order valence-electron chi connectivity index (χ4n) is 2.97. The molecule has 0 aliphatic carbocycles. The molecule has 0 radical (unpaired) electrons. The number of furan rings is 1. The molecule has 0 aliphatic heterocycles. The molecule has 0 atom stereocenters. The van der Waals surface area contributed by atoms with Gasteiger partial charge in [-0.05, 0) is 37.6 Å². The van der Waals surface area contributed by atoms with Crippen molar-refractivity contribution in [2.45, 2.75) is 13.8 Å². The Balaban J connectivity index is 2.44. The molecule has 3 aromatic rings. The van der Waals surface area contributed by atoms with Gasteiger partial charge in [0.05, 0.1) is 0 Å². The van der Waals surface area contributed by atoms with Gasteiger partial charge in [-0.2, -0.15) is 5.10 Å². The van der Waals surface area contributed by atoms with E-state index in [0.717, 1.165) is 6.07 Å². The van der Waals surface area contributed by atoms with Gasteiger partial charge < -0.3 is 20.5 Å². The van der Waals surface area contributed by atoms with Crippen molar-refractivity contribution in [1.82, 2.24) is 9.78 Å². The summed E-state index contributed by atoms with van der Waals surface area (Å²) < 4.78 is 21.3. The minimum absolute atomic E-state index is 0.140. The molecule has 0 spiro atoms. The zero-order valence-electron chi connectivity index (χ0n) is 14.2. The standard InChI is InChI=1S/C17H16ClFN4O3/c1-7-12(8(2)26-16(7)18)13-14(10-5-4-9(24)6-11(10)19)21-23(3)15(13)17(20)22-25/h4-6,24-25H,1-3H3,(H2,20,22). The molecule has 4 N–H and O–H groups in total. The Hall–Kier alpha value is -3.00. The second kappa shape index (κ2) is 6.38. The van der Waals surface area contributed by atoms with Gasteiger partial charge in [0, 0.05) is 35.4 Å². The Kier molecular flexibility index (Phi) is 4.37. The van der Waals surface area contributed by atoms with E-state index in [9.17, 15) is 9.50 Å². The molecule has 0 amide bonds. The fourth-order valence-corrected chi connectivity index (χ4v) is 3.18. The highest BCUT2D eigenvalue weighted by Gasteiger charge is 2.28. The van der Waals surface area contributed by atoms with Crippen LogP contribution >= 0.6 is 11.6 Å². The quantitative estimate of drug-likeness (QED) is 0.279. The average Bonchev–Trinajstić information content (AvgIpc) is 3.03. The number of hydrogen-bond donors (Lipinski definition) is 3. The third-order valence-electron chi connectivity index (χ3n) is 4.12. The Bertz CT molecular complexity index is 1040. The monoisotopic (exact) mass is 378 g/mol. The summed E-state index contributed by atoms with van der Waals surface area (Å²) in [5, 5.41) is 26.2. The summed E-state index contributed by atoms with van der Waals surface area (Å²) >= 11 is 6.10. The van der Waals surface area contributed by atoms with E-state index >= 15 is 0 Å². The molecule has 7 nitrogen and oxygen atoms in total. The number of amidine groups is 1. The molecule has 9 heteroatoms. The van der Waals surface area contributed by atoms with E-state index in [-0.39, 0.29) is 33.8 Å². The summed E-state index contributed by atoms with van der Waals surface area (Å²) in [6, 6.07) is 3.74. The van der Waals surface area contributed by atoms with Crippen LogP contribution < -0.4 is 5.73 Å². The number of halogens is 2. The van der Waals surface area contributed by atoms with Crippen LogP contribution in [0.25, 0.3) is 22.4 Å². The fraction of sp³-hybridized carbons (Fsp3) is 0.176. The van der Waals surface area contributed by atoms with E-state index in [4.69, 9.17) is 27.0 Å². The topological polar surface area (TPSA) is 110 Å². The number of nitrogens with two attached hydrogens (primary N) is 1. The first-order chi connectivity index (χ1) is 12.3. The third-order valence-corrected chi connectivity index (χ3v) is 4.48. The van der Waals surface area contributed by atoms with Crippen molar-refractivity contribution < 1.29 is 19.1 Å². The van der Waals surface area contributed by atoms with Gasteiger partial charge in [0.15, 0.2) is 11.1 Å². The van der Waals surface area contributed by atoms with Gasteiger partial charge in [-0.25, -0.2) is 4.39 Å². The summed E-state index contributed by atoms with van der Waals surface area (Å²) in [4.78, 5) is 0. The first kappa shape index (κ1) is 17.8. The van der Waals surface area contributed by atoms with Crippen LogP contribution in [0.3, 0.4) is 0 Å². The maximum atomic E-state index is 14.5. The van der Waals surface area contributed by atoms with E-state index in [1.807, 2.05) is 0 Å².